The highest BCUT2D eigenvalue weighted by atomic mass is 16.5. The van der Waals surface area contributed by atoms with Gasteiger partial charge in [0.05, 0.1) is 0 Å². The molecule has 21 heavy (non-hydrogen) atoms. The smallest absolute Gasteiger partial charge is 0.220 e. The first-order valence-corrected chi connectivity index (χ1v) is 7.40. The van der Waals surface area contributed by atoms with Gasteiger partial charge in [0.2, 0.25) is 5.91 Å². The van der Waals surface area contributed by atoms with Gasteiger partial charge in [-0.1, -0.05) is 12.1 Å². The van der Waals surface area contributed by atoms with Crippen LogP contribution >= 0.6 is 0 Å². The number of aryl methyl sites for hydroxylation is 2. The van der Waals surface area contributed by atoms with Crippen LogP contribution in [-0.2, 0) is 9.53 Å². The number of rotatable bonds is 9. The van der Waals surface area contributed by atoms with Crippen LogP contribution < -0.4 is 5.32 Å². The minimum Gasteiger partial charge on any atom is -0.385 e. The summed E-state index contributed by atoms with van der Waals surface area (Å²) < 4.78 is 4.94. The Kier molecular flexibility index (Phi) is 7.69. The monoisotopic (exact) mass is 291 g/mol. The summed E-state index contributed by atoms with van der Waals surface area (Å²) in [5.41, 5.74) is 2.95. The van der Waals surface area contributed by atoms with Crippen molar-refractivity contribution in [3.8, 4) is 0 Å². The predicted molar refractivity (Wildman–Crippen MR) is 83.6 cm³/mol. The van der Waals surface area contributed by atoms with Crippen molar-refractivity contribution < 1.29 is 14.3 Å². The summed E-state index contributed by atoms with van der Waals surface area (Å²) in [7, 11) is 1.66. The molecule has 0 atom stereocenters. The van der Waals surface area contributed by atoms with Crippen molar-refractivity contribution in [2.75, 3.05) is 20.3 Å². The van der Waals surface area contributed by atoms with E-state index in [9.17, 15) is 9.59 Å². The maximum atomic E-state index is 12.0. The first-order chi connectivity index (χ1) is 10.0. The number of ketones is 1. The Labute approximate surface area is 126 Å². The Morgan fingerprint density at radius 2 is 1.86 bits per heavy atom. The highest BCUT2D eigenvalue weighted by Gasteiger charge is 2.09. The van der Waals surface area contributed by atoms with Gasteiger partial charge in [0.25, 0.3) is 0 Å². The first-order valence-electron chi connectivity index (χ1n) is 7.40. The number of carbonyl (C=O) groups is 2. The summed E-state index contributed by atoms with van der Waals surface area (Å²) in [6.45, 7) is 5.35. The quantitative estimate of drug-likeness (QED) is 0.562. The van der Waals surface area contributed by atoms with E-state index in [-0.39, 0.29) is 24.5 Å². The lowest BCUT2D eigenvalue weighted by molar-refractivity contribution is -0.121. The van der Waals surface area contributed by atoms with Gasteiger partial charge in [0, 0.05) is 38.7 Å². The van der Waals surface area contributed by atoms with Crippen molar-refractivity contribution in [2.45, 2.75) is 39.5 Å². The van der Waals surface area contributed by atoms with Gasteiger partial charge in [0.15, 0.2) is 5.78 Å². The highest BCUT2D eigenvalue weighted by molar-refractivity contribution is 5.98. The van der Waals surface area contributed by atoms with Gasteiger partial charge in [-0.05, 0) is 43.9 Å². The van der Waals surface area contributed by atoms with Crippen molar-refractivity contribution in [3.63, 3.8) is 0 Å². The molecule has 0 aliphatic rings. The maximum absolute atomic E-state index is 12.0. The summed E-state index contributed by atoms with van der Waals surface area (Å²) in [5, 5.41) is 2.82. The Morgan fingerprint density at radius 3 is 2.52 bits per heavy atom. The zero-order chi connectivity index (χ0) is 15.7. The number of methoxy groups -OCH3 is 1. The molecule has 0 aromatic heterocycles. The van der Waals surface area contributed by atoms with Crippen LogP contribution in [0.3, 0.4) is 0 Å². The van der Waals surface area contributed by atoms with Crippen molar-refractivity contribution in [1.29, 1.82) is 0 Å². The molecule has 0 saturated carbocycles. The first kappa shape index (κ1) is 17.4. The number of hydrogen-bond donors (Lipinski definition) is 1. The molecule has 1 aromatic carbocycles. The number of benzene rings is 1. The summed E-state index contributed by atoms with van der Waals surface area (Å²) in [5.74, 6) is -0.0442. The fourth-order valence-corrected chi connectivity index (χ4v) is 1.97. The molecule has 0 aliphatic carbocycles. The van der Waals surface area contributed by atoms with Crippen molar-refractivity contribution in [1.82, 2.24) is 5.32 Å². The minimum absolute atomic E-state index is 0.0210. The molecular weight excluding hydrogens is 266 g/mol. The van der Waals surface area contributed by atoms with Crippen LogP contribution in [-0.4, -0.2) is 32.0 Å². The Balaban J connectivity index is 2.29. The average molecular weight is 291 g/mol. The van der Waals surface area contributed by atoms with Gasteiger partial charge in [-0.2, -0.15) is 0 Å². The third-order valence-electron chi connectivity index (χ3n) is 3.51. The van der Waals surface area contributed by atoms with Gasteiger partial charge < -0.3 is 10.1 Å². The summed E-state index contributed by atoms with van der Waals surface area (Å²) in [4.78, 5) is 23.7. The van der Waals surface area contributed by atoms with Crippen LogP contribution in [0.2, 0.25) is 0 Å². The second kappa shape index (κ2) is 9.29. The fraction of sp³-hybridized carbons (Fsp3) is 0.529. The van der Waals surface area contributed by atoms with Gasteiger partial charge in [-0.15, -0.1) is 0 Å². The Bertz CT molecular complexity index is 483. The molecule has 4 nitrogen and oxygen atoms in total. The minimum atomic E-state index is -0.0652. The molecule has 0 unspecified atom stereocenters. The number of hydrogen-bond acceptors (Lipinski definition) is 3. The topological polar surface area (TPSA) is 55.4 Å². The number of amides is 1. The van der Waals surface area contributed by atoms with Crippen LogP contribution in [0.25, 0.3) is 0 Å². The van der Waals surface area contributed by atoms with E-state index in [1.165, 1.54) is 5.56 Å². The van der Waals surface area contributed by atoms with Crippen LogP contribution in [0, 0.1) is 13.8 Å². The molecule has 0 bridgehead atoms. The van der Waals surface area contributed by atoms with Crippen LogP contribution in [0.4, 0.5) is 0 Å². The third kappa shape index (κ3) is 6.54. The molecule has 1 rings (SSSR count). The molecule has 0 saturated heterocycles. The van der Waals surface area contributed by atoms with Crippen molar-refractivity contribution >= 4 is 11.7 Å². The van der Waals surface area contributed by atoms with Gasteiger partial charge in [-0.25, -0.2) is 0 Å². The SMILES string of the molecule is COCCCCNC(=O)CCC(=O)c1ccc(C)c(C)c1. The zero-order valence-electron chi connectivity index (χ0n) is 13.2. The van der Waals surface area contributed by atoms with E-state index in [2.05, 4.69) is 5.32 Å². The molecule has 0 radical (unpaired) electrons. The lowest BCUT2D eigenvalue weighted by Crippen LogP contribution is -2.25. The Hall–Kier alpha value is -1.68. The summed E-state index contributed by atoms with van der Waals surface area (Å²) >= 11 is 0. The number of carbonyl (C=O) groups excluding carboxylic acids is 2. The molecule has 4 heteroatoms. The average Bonchev–Trinajstić information content (AvgIpc) is 2.47. The van der Waals surface area contributed by atoms with E-state index in [1.54, 1.807) is 7.11 Å². The normalized spacial score (nSPS) is 10.4. The van der Waals surface area contributed by atoms with Gasteiger partial charge in [0.1, 0.15) is 0 Å². The van der Waals surface area contributed by atoms with E-state index in [1.807, 2.05) is 32.0 Å². The van der Waals surface area contributed by atoms with Crippen molar-refractivity contribution in [3.05, 3.63) is 34.9 Å². The zero-order valence-corrected chi connectivity index (χ0v) is 13.2. The fourth-order valence-electron chi connectivity index (χ4n) is 1.97. The highest BCUT2D eigenvalue weighted by Crippen LogP contribution is 2.12. The largest absolute Gasteiger partial charge is 0.385 e. The molecule has 0 spiro atoms. The number of ether oxygens (including phenoxy) is 1. The second-order valence-electron chi connectivity index (χ2n) is 5.27. The molecule has 0 fully saturated rings. The number of nitrogens with one attached hydrogen (secondary N) is 1. The van der Waals surface area contributed by atoms with Gasteiger partial charge >= 0.3 is 0 Å². The molecule has 1 N–H and O–H groups in total. The molecule has 1 aromatic rings. The summed E-state index contributed by atoms with van der Waals surface area (Å²) in [6, 6.07) is 5.66. The number of unbranched alkanes of at least 4 members (excludes halogenated alkanes) is 1. The standard InChI is InChI=1S/C17H25NO3/c1-13-6-7-15(12-14(13)2)16(19)8-9-17(20)18-10-4-5-11-21-3/h6-7,12H,4-5,8-11H2,1-3H3,(H,18,20). The van der Waals surface area contributed by atoms with Crippen LogP contribution in [0.1, 0.15) is 47.2 Å². The molecule has 1 amide bonds. The molecule has 116 valence electrons. The molecule has 0 heterocycles. The lowest BCUT2D eigenvalue weighted by atomic mass is 10.0. The van der Waals surface area contributed by atoms with Crippen molar-refractivity contribution in [2.24, 2.45) is 0 Å². The summed E-state index contributed by atoms with van der Waals surface area (Å²) in [6.07, 6.45) is 2.32. The maximum Gasteiger partial charge on any atom is 0.220 e. The second-order valence-corrected chi connectivity index (χ2v) is 5.27. The van der Waals surface area contributed by atoms with E-state index in [4.69, 9.17) is 4.74 Å². The Morgan fingerprint density at radius 1 is 1.10 bits per heavy atom. The molecule has 0 aliphatic heterocycles. The van der Waals surface area contributed by atoms with Crippen LogP contribution in [0.5, 0.6) is 0 Å². The molecular formula is C17H25NO3. The van der Waals surface area contributed by atoms with E-state index in [0.717, 1.165) is 18.4 Å². The van der Waals surface area contributed by atoms with E-state index >= 15 is 0 Å². The number of Topliss-reactive ketones (excluding diaryl/α,β-unsaturated/α-hetero) is 1. The van der Waals surface area contributed by atoms with E-state index < -0.39 is 0 Å². The van der Waals surface area contributed by atoms with Gasteiger partial charge in [-0.3, -0.25) is 9.59 Å². The van der Waals surface area contributed by atoms with Crippen LogP contribution in [0.15, 0.2) is 18.2 Å². The third-order valence-corrected chi connectivity index (χ3v) is 3.51. The predicted octanol–water partition coefficient (Wildman–Crippen LogP) is 2.81. The van der Waals surface area contributed by atoms with E-state index in [0.29, 0.717) is 18.7 Å². The lowest BCUT2D eigenvalue weighted by Gasteiger charge is -2.06.